The van der Waals surface area contributed by atoms with Gasteiger partial charge >= 0.3 is 5.97 Å². The molecule has 1 aromatic rings. The molecule has 0 aliphatic carbocycles. The van der Waals surface area contributed by atoms with Gasteiger partial charge in [0.1, 0.15) is 11.1 Å². The van der Waals surface area contributed by atoms with E-state index in [4.69, 9.17) is 4.74 Å². The maximum atomic E-state index is 12.4. The number of ketones is 1. The molecule has 0 atom stereocenters. The van der Waals surface area contributed by atoms with Crippen LogP contribution in [-0.2, 0) is 9.53 Å². The van der Waals surface area contributed by atoms with Gasteiger partial charge in [0.2, 0.25) is 5.78 Å². The molecule has 112 valence electrons. The second kappa shape index (κ2) is 7.18. The Hall–Kier alpha value is -2.70. The van der Waals surface area contributed by atoms with Crippen molar-refractivity contribution in [3.63, 3.8) is 0 Å². The molecular weight excluding hydrogens is 276 g/mol. The summed E-state index contributed by atoms with van der Waals surface area (Å²) in [6, 6.07) is 5.47. The largest absolute Gasteiger partial charge is 0.462 e. The van der Waals surface area contributed by atoms with E-state index in [-0.39, 0.29) is 23.4 Å². The molecule has 7 nitrogen and oxygen atoms in total. The first-order valence-electron chi connectivity index (χ1n) is 6.22. The number of rotatable bonds is 6. The third kappa shape index (κ3) is 4.13. The highest BCUT2D eigenvalue weighted by Crippen LogP contribution is 2.21. The molecule has 0 bridgehead atoms. The molecule has 0 aliphatic rings. The maximum Gasteiger partial charge on any atom is 0.343 e. The van der Waals surface area contributed by atoms with Gasteiger partial charge in [0.15, 0.2) is 0 Å². The van der Waals surface area contributed by atoms with Crippen LogP contribution < -0.4 is 0 Å². The predicted octanol–water partition coefficient (Wildman–Crippen LogP) is 1.79. The maximum absolute atomic E-state index is 12.4. The molecule has 1 aromatic carbocycles. The van der Waals surface area contributed by atoms with E-state index in [9.17, 15) is 19.7 Å². The zero-order valence-corrected chi connectivity index (χ0v) is 12.0. The fourth-order valence-corrected chi connectivity index (χ4v) is 1.64. The van der Waals surface area contributed by atoms with Gasteiger partial charge < -0.3 is 9.64 Å². The molecule has 0 fully saturated rings. The SMILES string of the molecule is CCOC(=O)/C(=C/N(C)C)C(=O)c1ccccc1[N+](=O)[O-]. The Morgan fingerprint density at radius 1 is 1.33 bits per heavy atom. The molecular formula is C14H16N2O5. The Balaban J connectivity index is 3.30. The van der Waals surface area contributed by atoms with Crippen LogP contribution in [0.1, 0.15) is 17.3 Å². The monoisotopic (exact) mass is 292 g/mol. The lowest BCUT2D eigenvalue weighted by atomic mass is 10.0. The van der Waals surface area contributed by atoms with Crippen molar-refractivity contribution >= 4 is 17.4 Å². The van der Waals surface area contributed by atoms with Gasteiger partial charge in [-0.15, -0.1) is 0 Å². The summed E-state index contributed by atoms with van der Waals surface area (Å²) < 4.78 is 4.82. The molecule has 0 spiro atoms. The fourth-order valence-electron chi connectivity index (χ4n) is 1.64. The van der Waals surface area contributed by atoms with Gasteiger partial charge in [0.05, 0.1) is 11.5 Å². The first-order chi connectivity index (χ1) is 9.88. The van der Waals surface area contributed by atoms with Crippen molar-refractivity contribution < 1.29 is 19.2 Å². The van der Waals surface area contributed by atoms with E-state index >= 15 is 0 Å². The Kier molecular flexibility index (Phi) is 5.59. The van der Waals surface area contributed by atoms with E-state index < -0.39 is 16.7 Å². The number of ether oxygens (including phenoxy) is 1. The normalized spacial score (nSPS) is 10.9. The number of nitro groups is 1. The van der Waals surface area contributed by atoms with Crippen molar-refractivity contribution in [2.45, 2.75) is 6.92 Å². The van der Waals surface area contributed by atoms with E-state index in [0.717, 1.165) is 0 Å². The molecule has 21 heavy (non-hydrogen) atoms. The zero-order chi connectivity index (χ0) is 16.0. The van der Waals surface area contributed by atoms with Crippen LogP contribution in [-0.4, -0.2) is 42.3 Å². The van der Waals surface area contributed by atoms with Crippen molar-refractivity contribution in [1.82, 2.24) is 4.90 Å². The number of para-hydroxylation sites is 1. The highest BCUT2D eigenvalue weighted by Gasteiger charge is 2.27. The van der Waals surface area contributed by atoms with Crippen LogP contribution in [0.15, 0.2) is 36.0 Å². The second-order valence-corrected chi connectivity index (χ2v) is 4.33. The standard InChI is InChI=1S/C14H16N2O5/c1-4-21-14(18)11(9-15(2)3)13(17)10-7-5-6-8-12(10)16(19)20/h5-9H,4H2,1-3H3/b11-9+. The number of hydrogen-bond acceptors (Lipinski definition) is 6. The van der Waals surface area contributed by atoms with E-state index in [2.05, 4.69) is 0 Å². The molecule has 7 heteroatoms. The summed E-state index contributed by atoms with van der Waals surface area (Å²) in [6.07, 6.45) is 1.29. The smallest absolute Gasteiger partial charge is 0.343 e. The van der Waals surface area contributed by atoms with Crippen LogP contribution >= 0.6 is 0 Å². The van der Waals surface area contributed by atoms with Crippen LogP contribution in [0.3, 0.4) is 0 Å². The minimum absolute atomic E-state index is 0.105. The average Bonchev–Trinajstić information content (AvgIpc) is 2.44. The molecule has 0 heterocycles. The molecule has 0 aliphatic heterocycles. The molecule has 0 unspecified atom stereocenters. The van der Waals surface area contributed by atoms with Crippen molar-refractivity contribution in [2.24, 2.45) is 0 Å². The molecule has 1 rings (SSSR count). The predicted molar refractivity (Wildman–Crippen MR) is 75.8 cm³/mol. The lowest BCUT2D eigenvalue weighted by Gasteiger charge is -2.10. The quantitative estimate of drug-likeness (QED) is 0.151. The minimum Gasteiger partial charge on any atom is -0.462 e. The van der Waals surface area contributed by atoms with Crippen molar-refractivity contribution in [3.05, 3.63) is 51.7 Å². The molecule has 0 N–H and O–H groups in total. The van der Waals surface area contributed by atoms with Gasteiger partial charge in [0, 0.05) is 26.4 Å². The second-order valence-electron chi connectivity index (χ2n) is 4.33. The molecule has 0 aromatic heterocycles. The third-order valence-electron chi connectivity index (χ3n) is 2.47. The number of nitro benzene ring substituents is 1. The summed E-state index contributed by atoms with van der Waals surface area (Å²) >= 11 is 0. The minimum atomic E-state index is -0.811. The number of carbonyl (C=O) groups excluding carboxylic acids is 2. The summed E-state index contributed by atoms with van der Waals surface area (Å²) in [5.41, 5.74) is -0.753. The van der Waals surface area contributed by atoms with E-state index in [1.54, 1.807) is 21.0 Å². The summed E-state index contributed by atoms with van der Waals surface area (Å²) in [7, 11) is 3.26. The van der Waals surface area contributed by atoms with Gasteiger partial charge in [-0.25, -0.2) is 4.79 Å². The first-order valence-corrected chi connectivity index (χ1v) is 6.22. The van der Waals surface area contributed by atoms with Crippen molar-refractivity contribution in [1.29, 1.82) is 0 Å². The van der Waals surface area contributed by atoms with Gasteiger partial charge in [-0.05, 0) is 13.0 Å². The summed E-state index contributed by atoms with van der Waals surface area (Å²) in [5.74, 6) is -1.55. The average molecular weight is 292 g/mol. The summed E-state index contributed by atoms with van der Waals surface area (Å²) in [6.45, 7) is 1.72. The number of benzene rings is 1. The van der Waals surface area contributed by atoms with E-state index in [0.29, 0.717) is 0 Å². The van der Waals surface area contributed by atoms with Crippen LogP contribution in [0.2, 0.25) is 0 Å². The Bertz CT molecular complexity index is 593. The lowest BCUT2D eigenvalue weighted by Crippen LogP contribution is -2.20. The van der Waals surface area contributed by atoms with Crippen LogP contribution in [0, 0.1) is 10.1 Å². The van der Waals surface area contributed by atoms with Gasteiger partial charge in [-0.1, -0.05) is 12.1 Å². The number of Topliss-reactive ketones (excluding diaryl/α,β-unsaturated/α-hetero) is 1. The number of hydrogen-bond donors (Lipinski definition) is 0. The van der Waals surface area contributed by atoms with Crippen LogP contribution in [0.25, 0.3) is 0 Å². The Morgan fingerprint density at radius 2 is 1.95 bits per heavy atom. The number of esters is 1. The van der Waals surface area contributed by atoms with E-state index in [1.807, 2.05) is 0 Å². The van der Waals surface area contributed by atoms with Crippen LogP contribution in [0.5, 0.6) is 0 Å². The Labute approximate surface area is 122 Å². The molecule has 0 radical (unpaired) electrons. The van der Waals surface area contributed by atoms with Gasteiger partial charge in [-0.2, -0.15) is 0 Å². The van der Waals surface area contributed by atoms with Gasteiger partial charge in [0.25, 0.3) is 5.69 Å². The number of nitrogens with zero attached hydrogens (tertiary/aromatic N) is 2. The molecule has 0 saturated heterocycles. The third-order valence-corrected chi connectivity index (χ3v) is 2.47. The van der Waals surface area contributed by atoms with E-state index in [1.165, 1.54) is 35.4 Å². The summed E-state index contributed by atoms with van der Waals surface area (Å²) in [4.78, 5) is 36.1. The molecule has 0 saturated carbocycles. The lowest BCUT2D eigenvalue weighted by molar-refractivity contribution is -0.385. The summed E-state index contributed by atoms with van der Waals surface area (Å²) in [5, 5.41) is 11.0. The van der Waals surface area contributed by atoms with Crippen molar-refractivity contribution in [2.75, 3.05) is 20.7 Å². The fraction of sp³-hybridized carbons (Fsp3) is 0.286. The van der Waals surface area contributed by atoms with Crippen LogP contribution in [0.4, 0.5) is 5.69 Å². The zero-order valence-electron chi connectivity index (χ0n) is 12.0. The van der Waals surface area contributed by atoms with Gasteiger partial charge in [-0.3, -0.25) is 14.9 Å². The molecule has 0 amide bonds. The Morgan fingerprint density at radius 3 is 2.48 bits per heavy atom. The van der Waals surface area contributed by atoms with Crippen molar-refractivity contribution in [3.8, 4) is 0 Å². The topological polar surface area (TPSA) is 89.8 Å². The number of carbonyl (C=O) groups is 2. The first kappa shape index (κ1) is 16.4. The highest BCUT2D eigenvalue weighted by molar-refractivity contribution is 6.25. The highest BCUT2D eigenvalue weighted by atomic mass is 16.6.